The number of anilines is 1. The number of rotatable bonds is 9. The van der Waals surface area contributed by atoms with E-state index in [4.69, 9.17) is 23.2 Å². The summed E-state index contributed by atoms with van der Waals surface area (Å²) in [7, 11) is 2.16. The van der Waals surface area contributed by atoms with Crippen molar-refractivity contribution in [3.8, 4) is 10.6 Å². The maximum absolute atomic E-state index is 12.6. The molecule has 0 radical (unpaired) electrons. The Labute approximate surface area is 214 Å². The first-order valence-electron chi connectivity index (χ1n) is 11.3. The van der Waals surface area contributed by atoms with Crippen molar-refractivity contribution in [2.75, 3.05) is 58.2 Å². The average Bonchev–Trinajstić information content (AvgIpc) is 3.33. The summed E-state index contributed by atoms with van der Waals surface area (Å²) >= 11 is 13.6. The van der Waals surface area contributed by atoms with Gasteiger partial charge in [-0.3, -0.25) is 9.69 Å². The third-order valence-corrected chi connectivity index (χ3v) is 7.43. The molecule has 10 heteroatoms. The van der Waals surface area contributed by atoms with Gasteiger partial charge in [0.2, 0.25) is 5.95 Å². The first kappa shape index (κ1) is 24.9. The average molecular weight is 520 g/mol. The lowest BCUT2D eigenvalue weighted by Gasteiger charge is -2.32. The van der Waals surface area contributed by atoms with Crippen molar-refractivity contribution in [2.45, 2.75) is 6.42 Å². The predicted molar refractivity (Wildman–Crippen MR) is 140 cm³/mol. The summed E-state index contributed by atoms with van der Waals surface area (Å²) in [6, 6.07) is 11.0. The molecule has 0 unspecified atom stereocenters. The maximum Gasteiger partial charge on any atom is 0.261 e. The topological polar surface area (TPSA) is 73.4 Å². The molecular weight excluding hydrogens is 491 g/mol. The molecule has 34 heavy (non-hydrogen) atoms. The Balaban J connectivity index is 1.27. The number of thiophene rings is 1. The molecule has 1 aromatic carbocycles. The van der Waals surface area contributed by atoms with Crippen LogP contribution in [0.25, 0.3) is 10.6 Å². The Bertz CT molecular complexity index is 1120. The number of amides is 1. The Morgan fingerprint density at radius 3 is 2.71 bits per heavy atom. The minimum atomic E-state index is -0.110. The number of nitrogens with one attached hydrogen (secondary N) is 2. The van der Waals surface area contributed by atoms with Gasteiger partial charge in [-0.1, -0.05) is 29.3 Å². The van der Waals surface area contributed by atoms with Crippen LogP contribution in [0.2, 0.25) is 10.0 Å². The van der Waals surface area contributed by atoms with Crippen LogP contribution in [-0.4, -0.2) is 78.5 Å². The van der Waals surface area contributed by atoms with Crippen LogP contribution in [-0.2, 0) is 6.42 Å². The number of halogens is 2. The summed E-state index contributed by atoms with van der Waals surface area (Å²) in [6.45, 7) is 6.64. The predicted octanol–water partition coefficient (Wildman–Crippen LogP) is 4.14. The molecule has 1 saturated heterocycles. The number of piperazine rings is 1. The number of hydrogen-bond donors (Lipinski definition) is 2. The molecule has 1 aliphatic heterocycles. The van der Waals surface area contributed by atoms with Crippen LogP contribution >= 0.6 is 34.5 Å². The second-order valence-electron chi connectivity index (χ2n) is 8.24. The van der Waals surface area contributed by atoms with E-state index in [-0.39, 0.29) is 5.91 Å². The van der Waals surface area contributed by atoms with Crippen LogP contribution in [0, 0.1) is 0 Å². The van der Waals surface area contributed by atoms with E-state index >= 15 is 0 Å². The van der Waals surface area contributed by atoms with Gasteiger partial charge in [0.1, 0.15) is 0 Å². The number of carbonyl (C=O) groups is 1. The highest BCUT2D eigenvalue weighted by atomic mass is 35.5. The van der Waals surface area contributed by atoms with E-state index in [1.807, 2.05) is 24.3 Å². The van der Waals surface area contributed by atoms with E-state index in [0.717, 1.165) is 55.4 Å². The molecule has 0 saturated carbocycles. The van der Waals surface area contributed by atoms with E-state index in [0.29, 0.717) is 33.8 Å². The lowest BCUT2D eigenvalue weighted by Crippen LogP contribution is -2.45. The highest BCUT2D eigenvalue weighted by Crippen LogP contribution is 2.27. The fraction of sp³-hybridized carbons (Fsp3) is 0.375. The van der Waals surface area contributed by atoms with Crippen LogP contribution in [0.1, 0.15) is 15.2 Å². The lowest BCUT2D eigenvalue weighted by molar-refractivity contribution is 0.0958. The van der Waals surface area contributed by atoms with Crippen molar-refractivity contribution in [1.29, 1.82) is 0 Å². The van der Waals surface area contributed by atoms with Gasteiger partial charge in [0, 0.05) is 62.1 Å². The number of benzene rings is 1. The van der Waals surface area contributed by atoms with Crippen LogP contribution < -0.4 is 10.6 Å². The number of likely N-dealkylation sites (N-methyl/N-ethyl adjacent to an activating group) is 1. The second-order valence-corrected chi connectivity index (χ2v) is 10.2. The van der Waals surface area contributed by atoms with E-state index in [1.54, 1.807) is 18.3 Å². The van der Waals surface area contributed by atoms with E-state index < -0.39 is 0 Å². The SMILES string of the molecule is CN1CCN(CCNc2nccc(-c3ccc(C(=O)NCCc4ccc(Cl)cc4Cl)s3)n2)CC1. The zero-order valence-corrected chi connectivity index (χ0v) is 21.4. The fourth-order valence-electron chi connectivity index (χ4n) is 3.70. The maximum atomic E-state index is 12.6. The standard InChI is InChI=1S/C24H28Cl2N6OS/c1-31-12-14-32(15-13-31)11-10-29-24-28-9-7-20(30-24)21-4-5-22(34-21)23(33)27-8-6-17-2-3-18(25)16-19(17)26/h2-5,7,9,16H,6,8,10-15H2,1H3,(H,27,33)(H,28,29,30). The molecule has 2 aromatic heterocycles. The highest BCUT2D eigenvalue weighted by Gasteiger charge is 2.14. The third kappa shape index (κ3) is 6.90. The number of nitrogens with zero attached hydrogens (tertiary/aromatic N) is 4. The van der Waals surface area contributed by atoms with Crippen molar-refractivity contribution in [3.63, 3.8) is 0 Å². The number of hydrogen-bond acceptors (Lipinski definition) is 7. The van der Waals surface area contributed by atoms with Crippen molar-refractivity contribution in [2.24, 2.45) is 0 Å². The molecule has 0 bridgehead atoms. The summed E-state index contributed by atoms with van der Waals surface area (Å²) in [5.74, 6) is 0.492. The Kier molecular flexibility index (Phi) is 8.74. The largest absolute Gasteiger partial charge is 0.353 e. The minimum absolute atomic E-state index is 0.110. The highest BCUT2D eigenvalue weighted by molar-refractivity contribution is 7.17. The zero-order chi connectivity index (χ0) is 23.9. The molecule has 3 aromatic rings. The van der Waals surface area contributed by atoms with Gasteiger partial charge in [0.15, 0.2) is 0 Å². The molecule has 0 atom stereocenters. The third-order valence-electron chi connectivity index (χ3n) is 5.74. The molecule has 0 spiro atoms. The van der Waals surface area contributed by atoms with Crippen LogP contribution in [0.3, 0.4) is 0 Å². The van der Waals surface area contributed by atoms with Gasteiger partial charge in [-0.15, -0.1) is 11.3 Å². The molecular formula is C24H28Cl2N6OS. The fourth-order valence-corrected chi connectivity index (χ4v) is 5.09. The van der Waals surface area contributed by atoms with E-state index in [2.05, 4.69) is 37.4 Å². The van der Waals surface area contributed by atoms with Gasteiger partial charge in [0.25, 0.3) is 5.91 Å². The van der Waals surface area contributed by atoms with Gasteiger partial charge >= 0.3 is 0 Å². The molecule has 4 rings (SSSR count). The molecule has 1 aliphatic rings. The second kappa shape index (κ2) is 12.0. The van der Waals surface area contributed by atoms with Gasteiger partial charge in [0.05, 0.1) is 15.4 Å². The zero-order valence-electron chi connectivity index (χ0n) is 19.1. The van der Waals surface area contributed by atoms with Crippen molar-refractivity contribution < 1.29 is 4.79 Å². The minimum Gasteiger partial charge on any atom is -0.353 e. The molecule has 1 fully saturated rings. The molecule has 7 nitrogen and oxygen atoms in total. The van der Waals surface area contributed by atoms with Gasteiger partial charge < -0.3 is 15.5 Å². The summed E-state index contributed by atoms with van der Waals surface area (Å²) in [4.78, 5) is 27.9. The first-order chi connectivity index (χ1) is 16.5. The lowest BCUT2D eigenvalue weighted by atomic mass is 10.1. The van der Waals surface area contributed by atoms with Gasteiger partial charge in [-0.25, -0.2) is 9.97 Å². The summed E-state index contributed by atoms with van der Waals surface area (Å²) < 4.78 is 0. The molecule has 0 aliphatic carbocycles. The first-order valence-corrected chi connectivity index (χ1v) is 12.9. The molecule has 3 heterocycles. The Morgan fingerprint density at radius 1 is 1.09 bits per heavy atom. The molecule has 2 N–H and O–H groups in total. The van der Waals surface area contributed by atoms with Crippen molar-refractivity contribution in [3.05, 3.63) is 63.1 Å². The van der Waals surface area contributed by atoms with Crippen LogP contribution in [0.15, 0.2) is 42.6 Å². The van der Waals surface area contributed by atoms with E-state index in [9.17, 15) is 4.79 Å². The van der Waals surface area contributed by atoms with Gasteiger partial charge in [-0.05, 0) is 49.4 Å². The monoisotopic (exact) mass is 518 g/mol. The van der Waals surface area contributed by atoms with Crippen molar-refractivity contribution in [1.82, 2.24) is 25.1 Å². The van der Waals surface area contributed by atoms with Crippen LogP contribution in [0.4, 0.5) is 5.95 Å². The van der Waals surface area contributed by atoms with E-state index in [1.165, 1.54) is 11.3 Å². The molecule has 1 amide bonds. The number of aromatic nitrogens is 2. The van der Waals surface area contributed by atoms with Crippen LogP contribution in [0.5, 0.6) is 0 Å². The van der Waals surface area contributed by atoms with Gasteiger partial charge in [-0.2, -0.15) is 0 Å². The summed E-state index contributed by atoms with van der Waals surface area (Å²) in [5, 5.41) is 7.48. The smallest absolute Gasteiger partial charge is 0.261 e. The van der Waals surface area contributed by atoms with Crippen molar-refractivity contribution >= 4 is 46.4 Å². The number of carbonyl (C=O) groups excluding carboxylic acids is 1. The molecule has 180 valence electrons. The summed E-state index contributed by atoms with van der Waals surface area (Å²) in [6.07, 6.45) is 2.38. The Hall–Kier alpha value is -2.23. The Morgan fingerprint density at radius 2 is 1.91 bits per heavy atom. The normalized spacial score (nSPS) is 14.8. The summed E-state index contributed by atoms with van der Waals surface area (Å²) in [5.41, 5.74) is 1.75. The quantitative estimate of drug-likeness (QED) is 0.443.